The van der Waals surface area contributed by atoms with E-state index in [-0.39, 0.29) is 6.61 Å². The minimum absolute atomic E-state index is 0.287. The van der Waals surface area contributed by atoms with Gasteiger partial charge in [-0.05, 0) is 38.1 Å². The van der Waals surface area contributed by atoms with Crippen molar-refractivity contribution in [3.8, 4) is 5.75 Å². The Morgan fingerprint density at radius 1 is 1.37 bits per heavy atom. The van der Waals surface area contributed by atoms with Crippen LogP contribution < -0.4 is 10.5 Å². The summed E-state index contributed by atoms with van der Waals surface area (Å²) in [5, 5.41) is 9.92. The number of nitrogen functional groups attached to an aromatic ring is 1. The van der Waals surface area contributed by atoms with Crippen LogP contribution in [0.2, 0.25) is 0 Å². The average Bonchev–Trinajstić information content (AvgIpc) is 2.34. The number of rotatable bonds is 8. The number of nitrogens with zero attached hydrogens (tertiary/aromatic N) is 1. The maximum absolute atomic E-state index is 9.92. The maximum Gasteiger partial charge on any atom is 0.121 e. The second kappa shape index (κ2) is 8.02. The molecule has 0 aromatic heterocycles. The number of anilines is 1. The smallest absolute Gasteiger partial charge is 0.121 e. The van der Waals surface area contributed by atoms with Gasteiger partial charge in [-0.2, -0.15) is 0 Å². The van der Waals surface area contributed by atoms with E-state index in [1.165, 1.54) is 0 Å². The Labute approximate surface area is 116 Å². The molecule has 0 radical (unpaired) electrons. The third-order valence-electron chi connectivity index (χ3n) is 2.91. The summed E-state index contributed by atoms with van der Waals surface area (Å²) < 4.78 is 5.52. The first kappa shape index (κ1) is 15.8. The molecule has 1 rings (SSSR count). The van der Waals surface area contributed by atoms with Gasteiger partial charge in [-0.15, -0.1) is 0 Å². The Hall–Kier alpha value is -1.26. The molecule has 1 atom stereocenters. The standard InChI is InChI=1S/C15H26N2O2/c1-12(2)7-8-17(3)10-14(18)11-19-15-6-4-5-13(16)9-15/h4-6,9,12,14,18H,7-8,10-11,16H2,1-3H3. The Morgan fingerprint density at radius 3 is 2.74 bits per heavy atom. The average molecular weight is 266 g/mol. The van der Waals surface area contributed by atoms with Crippen LogP contribution in [0.25, 0.3) is 0 Å². The van der Waals surface area contributed by atoms with Gasteiger partial charge in [0.1, 0.15) is 18.5 Å². The van der Waals surface area contributed by atoms with Crippen molar-refractivity contribution in [2.24, 2.45) is 5.92 Å². The summed E-state index contributed by atoms with van der Waals surface area (Å²) in [6.45, 7) is 6.30. The van der Waals surface area contributed by atoms with E-state index in [0.717, 1.165) is 13.0 Å². The van der Waals surface area contributed by atoms with Gasteiger partial charge in [-0.3, -0.25) is 0 Å². The largest absolute Gasteiger partial charge is 0.491 e. The minimum Gasteiger partial charge on any atom is -0.491 e. The van der Waals surface area contributed by atoms with E-state index >= 15 is 0 Å². The molecule has 19 heavy (non-hydrogen) atoms. The zero-order valence-corrected chi connectivity index (χ0v) is 12.2. The molecule has 0 aliphatic rings. The zero-order valence-electron chi connectivity index (χ0n) is 12.2. The fourth-order valence-electron chi connectivity index (χ4n) is 1.78. The van der Waals surface area contributed by atoms with Crippen molar-refractivity contribution in [1.82, 2.24) is 4.90 Å². The van der Waals surface area contributed by atoms with Crippen LogP contribution in [0.1, 0.15) is 20.3 Å². The number of hydrogen-bond acceptors (Lipinski definition) is 4. The lowest BCUT2D eigenvalue weighted by molar-refractivity contribution is 0.0751. The first-order valence-electron chi connectivity index (χ1n) is 6.82. The van der Waals surface area contributed by atoms with Gasteiger partial charge in [0.05, 0.1) is 0 Å². The van der Waals surface area contributed by atoms with Crippen LogP contribution >= 0.6 is 0 Å². The summed E-state index contributed by atoms with van der Waals surface area (Å²) >= 11 is 0. The van der Waals surface area contributed by atoms with Crippen molar-refractivity contribution in [2.45, 2.75) is 26.4 Å². The van der Waals surface area contributed by atoms with Crippen LogP contribution in [-0.4, -0.2) is 42.9 Å². The number of nitrogens with two attached hydrogens (primary N) is 1. The van der Waals surface area contributed by atoms with Gasteiger partial charge >= 0.3 is 0 Å². The SMILES string of the molecule is CC(C)CCN(C)CC(O)COc1cccc(N)c1. The monoisotopic (exact) mass is 266 g/mol. The van der Waals surface area contributed by atoms with Crippen molar-refractivity contribution in [3.05, 3.63) is 24.3 Å². The van der Waals surface area contributed by atoms with Crippen molar-refractivity contribution in [1.29, 1.82) is 0 Å². The molecule has 1 aromatic rings. The molecule has 3 N–H and O–H groups in total. The lowest BCUT2D eigenvalue weighted by Crippen LogP contribution is -2.34. The van der Waals surface area contributed by atoms with E-state index in [1.807, 2.05) is 25.2 Å². The summed E-state index contributed by atoms with van der Waals surface area (Å²) in [5.74, 6) is 1.38. The molecule has 1 unspecified atom stereocenters. The zero-order chi connectivity index (χ0) is 14.3. The fourth-order valence-corrected chi connectivity index (χ4v) is 1.78. The normalized spacial score (nSPS) is 12.9. The molecule has 4 heteroatoms. The van der Waals surface area contributed by atoms with E-state index in [9.17, 15) is 5.11 Å². The molecule has 1 aromatic carbocycles. The first-order chi connectivity index (χ1) is 8.97. The highest BCUT2D eigenvalue weighted by molar-refractivity contribution is 5.43. The van der Waals surface area contributed by atoms with Crippen molar-refractivity contribution < 1.29 is 9.84 Å². The maximum atomic E-state index is 9.92. The van der Waals surface area contributed by atoms with Gasteiger partial charge in [0.2, 0.25) is 0 Å². The van der Waals surface area contributed by atoms with Crippen LogP contribution in [0, 0.1) is 5.92 Å². The molecule has 108 valence electrons. The third kappa shape index (κ3) is 7.03. The first-order valence-corrected chi connectivity index (χ1v) is 6.82. The van der Waals surface area contributed by atoms with Crippen LogP contribution in [-0.2, 0) is 0 Å². The Morgan fingerprint density at radius 2 is 2.11 bits per heavy atom. The molecule has 0 bridgehead atoms. The Kier molecular flexibility index (Phi) is 6.67. The predicted molar refractivity (Wildman–Crippen MR) is 79.3 cm³/mol. The minimum atomic E-state index is -0.487. The van der Waals surface area contributed by atoms with Crippen LogP contribution in [0.5, 0.6) is 5.75 Å². The quantitative estimate of drug-likeness (QED) is 0.706. The van der Waals surface area contributed by atoms with E-state index < -0.39 is 6.10 Å². The number of aliphatic hydroxyl groups is 1. The Bertz CT molecular complexity index is 369. The summed E-state index contributed by atoms with van der Waals surface area (Å²) in [5.41, 5.74) is 6.33. The van der Waals surface area contributed by atoms with Gasteiger partial charge in [-0.1, -0.05) is 19.9 Å². The van der Waals surface area contributed by atoms with Gasteiger partial charge in [0, 0.05) is 18.3 Å². The second-order valence-electron chi connectivity index (χ2n) is 5.48. The molecule has 0 saturated heterocycles. The summed E-state index contributed by atoms with van der Waals surface area (Å²) in [6, 6.07) is 7.25. The second-order valence-corrected chi connectivity index (χ2v) is 5.48. The highest BCUT2D eigenvalue weighted by Crippen LogP contribution is 2.14. The van der Waals surface area contributed by atoms with Gasteiger partial charge in [0.15, 0.2) is 0 Å². The van der Waals surface area contributed by atoms with Crippen molar-refractivity contribution >= 4 is 5.69 Å². The molecule has 0 amide bonds. The van der Waals surface area contributed by atoms with Crippen LogP contribution in [0.15, 0.2) is 24.3 Å². The number of likely N-dealkylation sites (N-methyl/N-ethyl adjacent to an activating group) is 1. The molecule has 0 spiro atoms. The van der Waals surface area contributed by atoms with E-state index in [4.69, 9.17) is 10.5 Å². The van der Waals surface area contributed by atoms with Gasteiger partial charge in [0.25, 0.3) is 0 Å². The number of ether oxygens (including phenoxy) is 1. The molecule has 0 heterocycles. The third-order valence-corrected chi connectivity index (χ3v) is 2.91. The topological polar surface area (TPSA) is 58.7 Å². The van der Waals surface area contributed by atoms with E-state index in [2.05, 4.69) is 18.7 Å². The lowest BCUT2D eigenvalue weighted by Gasteiger charge is -2.21. The highest BCUT2D eigenvalue weighted by atomic mass is 16.5. The number of benzene rings is 1. The summed E-state index contributed by atoms with van der Waals surface area (Å²) in [4.78, 5) is 2.13. The fraction of sp³-hybridized carbons (Fsp3) is 0.600. The van der Waals surface area contributed by atoms with E-state index in [1.54, 1.807) is 6.07 Å². The number of hydrogen-bond donors (Lipinski definition) is 2. The lowest BCUT2D eigenvalue weighted by atomic mass is 10.1. The van der Waals surface area contributed by atoms with Crippen molar-refractivity contribution in [2.75, 3.05) is 32.5 Å². The summed E-state index contributed by atoms with van der Waals surface area (Å²) in [7, 11) is 2.02. The molecule has 0 aliphatic heterocycles. The molecular formula is C15H26N2O2. The van der Waals surface area contributed by atoms with Crippen LogP contribution in [0.3, 0.4) is 0 Å². The predicted octanol–water partition coefficient (Wildman–Crippen LogP) is 1.99. The highest BCUT2D eigenvalue weighted by Gasteiger charge is 2.09. The van der Waals surface area contributed by atoms with Gasteiger partial charge < -0.3 is 20.5 Å². The molecule has 4 nitrogen and oxygen atoms in total. The van der Waals surface area contributed by atoms with E-state index in [0.29, 0.717) is 23.9 Å². The number of aliphatic hydroxyl groups excluding tert-OH is 1. The molecular weight excluding hydrogens is 240 g/mol. The molecule has 0 fully saturated rings. The van der Waals surface area contributed by atoms with Crippen molar-refractivity contribution in [3.63, 3.8) is 0 Å². The molecule has 0 saturated carbocycles. The van der Waals surface area contributed by atoms with Gasteiger partial charge in [-0.25, -0.2) is 0 Å². The molecule has 0 aliphatic carbocycles. The van der Waals surface area contributed by atoms with Crippen LogP contribution in [0.4, 0.5) is 5.69 Å². The summed E-state index contributed by atoms with van der Waals surface area (Å²) in [6.07, 6.45) is 0.651. The Balaban J connectivity index is 2.25.